The number of likely N-dealkylation sites (N-methyl/N-ethyl adjacent to an activating group) is 1. The summed E-state index contributed by atoms with van der Waals surface area (Å²) in [7, 11) is 2.18. The summed E-state index contributed by atoms with van der Waals surface area (Å²) in [6, 6.07) is 5.37. The maximum atomic E-state index is 6.30. The van der Waals surface area contributed by atoms with E-state index < -0.39 is 0 Å². The quantitative estimate of drug-likeness (QED) is 0.858. The molecule has 3 unspecified atom stereocenters. The molecule has 0 saturated heterocycles. The lowest BCUT2D eigenvalue weighted by Gasteiger charge is -2.35. The summed E-state index contributed by atoms with van der Waals surface area (Å²) in [5, 5.41) is 0. The standard InChI is InChI=1S/C13H23BrN2S/c1-5-9(3)16(4)13(10(15)6-2)11-7-8-12(14)17-11/h7-10,13H,5-6,15H2,1-4H3. The van der Waals surface area contributed by atoms with Crippen LogP contribution in [0.25, 0.3) is 0 Å². The molecule has 17 heavy (non-hydrogen) atoms. The molecule has 1 aromatic heterocycles. The molecule has 1 aromatic rings. The van der Waals surface area contributed by atoms with Crippen LogP contribution in [0.3, 0.4) is 0 Å². The Morgan fingerprint density at radius 2 is 2.00 bits per heavy atom. The molecule has 0 saturated carbocycles. The molecule has 0 amide bonds. The monoisotopic (exact) mass is 318 g/mol. The third-order valence-corrected chi connectivity index (χ3v) is 5.18. The third kappa shape index (κ3) is 3.78. The number of hydrogen-bond donors (Lipinski definition) is 1. The van der Waals surface area contributed by atoms with Gasteiger partial charge >= 0.3 is 0 Å². The Balaban J connectivity index is 2.95. The van der Waals surface area contributed by atoms with Gasteiger partial charge in [0, 0.05) is 17.0 Å². The Bertz CT molecular complexity index is 340. The largest absolute Gasteiger partial charge is 0.326 e. The zero-order valence-electron chi connectivity index (χ0n) is 11.1. The second kappa shape index (κ2) is 6.88. The van der Waals surface area contributed by atoms with Crippen molar-refractivity contribution in [2.45, 2.75) is 51.7 Å². The zero-order valence-corrected chi connectivity index (χ0v) is 13.5. The third-order valence-electron chi connectivity index (χ3n) is 3.49. The predicted octanol–water partition coefficient (Wildman–Crippen LogP) is 4.02. The summed E-state index contributed by atoms with van der Waals surface area (Å²) in [5.41, 5.74) is 6.30. The van der Waals surface area contributed by atoms with E-state index in [0.29, 0.717) is 12.1 Å². The van der Waals surface area contributed by atoms with Gasteiger partial charge in [0.1, 0.15) is 0 Å². The van der Waals surface area contributed by atoms with Gasteiger partial charge in [0.25, 0.3) is 0 Å². The van der Waals surface area contributed by atoms with Crippen LogP contribution in [0.1, 0.15) is 44.5 Å². The van der Waals surface area contributed by atoms with Crippen LogP contribution in [0.15, 0.2) is 15.9 Å². The van der Waals surface area contributed by atoms with Gasteiger partial charge in [0.2, 0.25) is 0 Å². The summed E-state index contributed by atoms with van der Waals surface area (Å²) in [4.78, 5) is 3.76. The number of nitrogens with zero attached hydrogens (tertiary/aromatic N) is 1. The van der Waals surface area contributed by atoms with E-state index in [1.54, 1.807) is 11.3 Å². The molecular weight excluding hydrogens is 296 g/mol. The summed E-state index contributed by atoms with van der Waals surface area (Å²) in [6.45, 7) is 6.64. The molecular formula is C13H23BrN2S. The van der Waals surface area contributed by atoms with E-state index in [2.05, 4.69) is 60.8 Å². The van der Waals surface area contributed by atoms with Crippen LogP contribution in [0.5, 0.6) is 0 Å². The molecule has 0 aliphatic rings. The Morgan fingerprint density at radius 3 is 2.41 bits per heavy atom. The minimum Gasteiger partial charge on any atom is -0.326 e. The fourth-order valence-electron chi connectivity index (χ4n) is 1.99. The van der Waals surface area contributed by atoms with Crippen molar-refractivity contribution in [3.63, 3.8) is 0 Å². The lowest BCUT2D eigenvalue weighted by atomic mass is 10.0. The molecule has 0 fully saturated rings. The van der Waals surface area contributed by atoms with Crippen LogP contribution in [0.4, 0.5) is 0 Å². The second-order valence-corrected chi connectivity index (χ2v) is 7.08. The highest BCUT2D eigenvalue weighted by atomic mass is 79.9. The van der Waals surface area contributed by atoms with Crippen LogP contribution in [-0.2, 0) is 0 Å². The van der Waals surface area contributed by atoms with Crippen molar-refractivity contribution in [3.05, 3.63) is 20.8 Å². The molecule has 0 aliphatic carbocycles. The molecule has 1 heterocycles. The normalized spacial score (nSPS) is 17.1. The van der Waals surface area contributed by atoms with Crippen molar-refractivity contribution in [2.75, 3.05) is 7.05 Å². The molecule has 0 aliphatic heterocycles. The SMILES string of the molecule is CCC(N)C(c1ccc(Br)s1)N(C)C(C)CC. The molecule has 0 bridgehead atoms. The minimum absolute atomic E-state index is 0.194. The molecule has 4 heteroatoms. The van der Waals surface area contributed by atoms with E-state index in [-0.39, 0.29) is 6.04 Å². The van der Waals surface area contributed by atoms with Gasteiger partial charge in [-0.05, 0) is 54.9 Å². The van der Waals surface area contributed by atoms with E-state index in [1.807, 2.05) is 0 Å². The average Bonchev–Trinajstić information content (AvgIpc) is 2.74. The van der Waals surface area contributed by atoms with Gasteiger partial charge in [-0.1, -0.05) is 13.8 Å². The number of rotatable bonds is 6. The number of hydrogen-bond acceptors (Lipinski definition) is 3. The van der Waals surface area contributed by atoms with Gasteiger partial charge in [0.15, 0.2) is 0 Å². The van der Waals surface area contributed by atoms with Gasteiger partial charge in [-0.15, -0.1) is 11.3 Å². The fourth-order valence-corrected chi connectivity index (χ4v) is 3.64. The first-order chi connectivity index (χ1) is 8.01. The molecule has 0 radical (unpaired) electrons. The molecule has 0 spiro atoms. The van der Waals surface area contributed by atoms with Crippen molar-refractivity contribution in [3.8, 4) is 0 Å². The highest BCUT2D eigenvalue weighted by Crippen LogP contribution is 2.33. The minimum atomic E-state index is 0.194. The van der Waals surface area contributed by atoms with Crippen molar-refractivity contribution in [1.82, 2.24) is 4.90 Å². The van der Waals surface area contributed by atoms with E-state index in [1.165, 1.54) is 8.66 Å². The maximum absolute atomic E-state index is 6.30. The Hall–Kier alpha value is 0.1000. The van der Waals surface area contributed by atoms with Gasteiger partial charge < -0.3 is 5.73 Å². The first kappa shape index (κ1) is 15.2. The summed E-state index contributed by atoms with van der Waals surface area (Å²) in [5.74, 6) is 0. The highest BCUT2D eigenvalue weighted by molar-refractivity contribution is 9.11. The summed E-state index contributed by atoms with van der Waals surface area (Å²) < 4.78 is 1.18. The predicted molar refractivity (Wildman–Crippen MR) is 80.5 cm³/mol. The fraction of sp³-hybridized carbons (Fsp3) is 0.692. The Kier molecular flexibility index (Phi) is 6.13. The van der Waals surface area contributed by atoms with Crippen LogP contribution >= 0.6 is 27.3 Å². The van der Waals surface area contributed by atoms with Crippen molar-refractivity contribution < 1.29 is 0 Å². The van der Waals surface area contributed by atoms with Crippen molar-refractivity contribution >= 4 is 27.3 Å². The highest BCUT2D eigenvalue weighted by Gasteiger charge is 2.26. The Morgan fingerprint density at radius 1 is 1.35 bits per heavy atom. The number of halogens is 1. The Labute approximate surface area is 117 Å². The summed E-state index contributed by atoms with van der Waals surface area (Å²) >= 11 is 5.32. The number of thiophene rings is 1. The molecule has 98 valence electrons. The topological polar surface area (TPSA) is 29.3 Å². The van der Waals surface area contributed by atoms with Gasteiger partial charge in [-0.2, -0.15) is 0 Å². The average molecular weight is 319 g/mol. The van der Waals surface area contributed by atoms with E-state index >= 15 is 0 Å². The van der Waals surface area contributed by atoms with Crippen LogP contribution in [0.2, 0.25) is 0 Å². The molecule has 0 aromatic carbocycles. The van der Waals surface area contributed by atoms with E-state index in [9.17, 15) is 0 Å². The number of nitrogens with two attached hydrogens (primary N) is 1. The van der Waals surface area contributed by atoms with Gasteiger partial charge in [-0.3, -0.25) is 4.90 Å². The molecule has 1 rings (SSSR count). The van der Waals surface area contributed by atoms with Crippen LogP contribution in [-0.4, -0.2) is 24.0 Å². The first-order valence-corrected chi connectivity index (χ1v) is 7.84. The maximum Gasteiger partial charge on any atom is 0.0702 e. The first-order valence-electron chi connectivity index (χ1n) is 6.23. The van der Waals surface area contributed by atoms with E-state index in [4.69, 9.17) is 5.73 Å². The van der Waals surface area contributed by atoms with Crippen molar-refractivity contribution in [2.24, 2.45) is 5.73 Å². The molecule has 3 atom stereocenters. The lowest BCUT2D eigenvalue weighted by molar-refractivity contribution is 0.157. The second-order valence-electron chi connectivity index (χ2n) is 4.58. The van der Waals surface area contributed by atoms with Gasteiger partial charge in [0.05, 0.1) is 9.83 Å². The lowest BCUT2D eigenvalue weighted by Crippen LogP contribution is -2.42. The van der Waals surface area contributed by atoms with Crippen LogP contribution in [0, 0.1) is 0 Å². The van der Waals surface area contributed by atoms with Gasteiger partial charge in [-0.25, -0.2) is 0 Å². The van der Waals surface area contributed by atoms with Crippen molar-refractivity contribution in [1.29, 1.82) is 0 Å². The van der Waals surface area contributed by atoms with E-state index in [0.717, 1.165) is 12.8 Å². The molecule has 2 nitrogen and oxygen atoms in total. The zero-order chi connectivity index (χ0) is 13.0. The van der Waals surface area contributed by atoms with Crippen LogP contribution < -0.4 is 5.73 Å². The summed E-state index contributed by atoms with van der Waals surface area (Å²) in [6.07, 6.45) is 2.15. The smallest absolute Gasteiger partial charge is 0.0702 e. The molecule has 2 N–H and O–H groups in total.